The maximum Gasteiger partial charge on any atom is 0.0783 e. The van der Waals surface area contributed by atoms with Gasteiger partial charge in [0.25, 0.3) is 0 Å². The second-order valence-corrected chi connectivity index (χ2v) is 14.5. The number of aryl methyl sites for hydroxylation is 1. The normalized spacial score (nSPS) is 14.8. The van der Waals surface area contributed by atoms with E-state index in [1.165, 1.54) is 77.6 Å². The minimum Gasteiger partial charge on any atom is -0.387 e. The van der Waals surface area contributed by atoms with Gasteiger partial charge in [0.05, 0.1) is 29.6 Å². The molecule has 61 heavy (non-hydrogen) atoms. The molecule has 0 bridgehead atoms. The number of terminal acetylenes is 1. The van der Waals surface area contributed by atoms with Crippen molar-refractivity contribution in [3.05, 3.63) is 217 Å². The van der Waals surface area contributed by atoms with Crippen LogP contribution in [0.3, 0.4) is 0 Å². The van der Waals surface area contributed by atoms with E-state index in [0.29, 0.717) is 6.54 Å². The summed E-state index contributed by atoms with van der Waals surface area (Å²) in [6, 6.07) is 51.1. The number of hydrogen-bond acceptors (Lipinski definition) is 4. The third-order valence-corrected chi connectivity index (χ3v) is 11.0. The maximum absolute atomic E-state index is 4.00. The Morgan fingerprint density at radius 3 is 2.05 bits per heavy atom. The average molecular weight is 799 g/mol. The van der Waals surface area contributed by atoms with Crippen LogP contribution in [0.1, 0.15) is 61.6 Å². The fourth-order valence-corrected chi connectivity index (χ4v) is 8.33. The summed E-state index contributed by atoms with van der Waals surface area (Å²) in [5.74, 6) is 0. The van der Waals surface area contributed by atoms with Crippen LogP contribution in [0.4, 0.5) is 22.7 Å². The van der Waals surface area contributed by atoms with Gasteiger partial charge in [-0.25, -0.2) is 5.43 Å². The molecule has 1 unspecified atom stereocenters. The SMILES string of the molecule is C#C.C=C/C=C\C.CC.CCc1cc2c(c(-c3ccc4ccccc4c3)c1NC)N(c1ccccc1CN1NC(c3ccc4ccccc4c3)c3ccccc31)/C=C\C=C/C2. The Hall–Kier alpha value is -7.06. The van der Waals surface area contributed by atoms with Crippen LogP contribution in [0.2, 0.25) is 0 Å². The topological polar surface area (TPSA) is 30.5 Å². The standard InChI is InChI=1S/C48H42N4.C5H8.C2H6.C2H2/c1-3-33-29-40-19-5-4-14-28-51(48(40)45(47(33)49-2)38-26-24-34-15-6-8-17-36(34)30-38)43-22-12-10-20-41(43)32-52-44-23-13-11-21-42(44)46(50-52)39-27-25-35-16-7-9-18-37(35)31-39;1-3-5-4-2;2*1-2/h4-18,20-31,46,49-50H,3,19,32H2,1-2H3;3-5H,1H2,2H3;1-2H3;1-2H/b5-4-,28-14-;5-4-;;. The number of allylic oxidation sites excluding steroid dienone is 6. The summed E-state index contributed by atoms with van der Waals surface area (Å²) >= 11 is 0. The molecule has 0 radical (unpaired) electrons. The van der Waals surface area contributed by atoms with Gasteiger partial charge in [0.1, 0.15) is 0 Å². The number of para-hydroxylation sites is 2. The van der Waals surface area contributed by atoms with Crippen LogP contribution < -0.4 is 20.7 Å². The van der Waals surface area contributed by atoms with E-state index in [2.05, 4.69) is 218 Å². The highest BCUT2D eigenvalue weighted by molar-refractivity contribution is 5.99. The van der Waals surface area contributed by atoms with Crippen LogP contribution in [0.5, 0.6) is 0 Å². The molecule has 0 saturated carbocycles. The molecule has 2 heterocycles. The van der Waals surface area contributed by atoms with Crippen molar-refractivity contribution in [2.45, 2.75) is 53.1 Å². The number of nitrogens with zero attached hydrogens (tertiary/aromatic N) is 2. The molecule has 2 aliphatic rings. The lowest BCUT2D eigenvalue weighted by Crippen LogP contribution is -2.34. The zero-order chi connectivity index (χ0) is 43.1. The summed E-state index contributed by atoms with van der Waals surface area (Å²) in [5, 5.41) is 11.0. The monoisotopic (exact) mass is 798 g/mol. The average Bonchev–Trinajstić information content (AvgIpc) is 3.68. The van der Waals surface area contributed by atoms with E-state index in [1.54, 1.807) is 6.08 Å². The number of benzene rings is 7. The highest BCUT2D eigenvalue weighted by atomic mass is 15.5. The van der Waals surface area contributed by atoms with Gasteiger partial charge in [-0.15, -0.1) is 12.8 Å². The zero-order valence-electron chi connectivity index (χ0n) is 36.3. The van der Waals surface area contributed by atoms with Gasteiger partial charge in [-0.1, -0.05) is 173 Å². The smallest absolute Gasteiger partial charge is 0.0783 e. The van der Waals surface area contributed by atoms with Crippen LogP contribution in [-0.2, 0) is 19.4 Å². The highest BCUT2D eigenvalue weighted by Gasteiger charge is 2.31. The second-order valence-electron chi connectivity index (χ2n) is 14.5. The van der Waals surface area contributed by atoms with Gasteiger partial charge in [0.2, 0.25) is 0 Å². The summed E-state index contributed by atoms with van der Waals surface area (Å²) in [5.41, 5.74) is 17.6. The molecular weight excluding hydrogens is 741 g/mol. The van der Waals surface area contributed by atoms with E-state index in [4.69, 9.17) is 0 Å². The first-order valence-corrected chi connectivity index (χ1v) is 21.4. The van der Waals surface area contributed by atoms with E-state index < -0.39 is 0 Å². The summed E-state index contributed by atoms with van der Waals surface area (Å²) in [6.07, 6.45) is 24.2. The molecule has 7 aromatic carbocycles. The summed E-state index contributed by atoms with van der Waals surface area (Å²) in [7, 11) is 2.06. The third-order valence-electron chi connectivity index (χ3n) is 11.0. The van der Waals surface area contributed by atoms with Crippen molar-refractivity contribution in [2.75, 3.05) is 22.3 Å². The molecule has 306 valence electrons. The molecule has 4 nitrogen and oxygen atoms in total. The molecule has 0 amide bonds. The zero-order valence-corrected chi connectivity index (χ0v) is 36.3. The summed E-state index contributed by atoms with van der Waals surface area (Å²) in [4.78, 5) is 2.43. The number of fused-ring (bicyclic) bond motifs is 4. The van der Waals surface area contributed by atoms with Crippen LogP contribution in [0.15, 0.2) is 189 Å². The van der Waals surface area contributed by atoms with Crippen molar-refractivity contribution in [2.24, 2.45) is 0 Å². The number of nitrogens with one attached hydrogen (secondary N) is 2. The Bertz CT molecular complexity index is 2700. The Morgan fingerprint density at radius 1 is 0.738 bits per heavy atom. The van der Waals surface area contributed by atoms with E-state index in [0.717, 1.165) is 18.5 Å². The molecule has 0 saturated heterocycles. The van der Waals surface area contributed by atoms with E-state index in [1.807, 2.05) is 32.9 Å². The Kier molecular flexibility index (Phi) is 15.2. The van der Waals surface area contributed by atoms with Gasteiger partial charge < -0.3 is 15.2 Å². The van der Waals surface area contributed by atoms with Crippen molar-refractivity contribution < 1.29 is 0 Å². The molecule has 2 aliphatic heterocycles. The number of hydrogen-bond donors (Lipinski definition) is 2. The highest BCUT2D eigenvalue weighted by Crippen LogP contribution is 2.47. The predicted octanol–water partition coefficient (Wildman–Crippen LogP) is 14.7. The molecule has 0 fully saturated rings. The van der Waals surface area contributed by atoms with Gasteiger partial charge >= 0.3 is 0 Å². The Morgan fingerprint density at radius 2 is 1.38 bits per heavy atom. The number of hydrazine groups is 1. The van der Waals surface area contributed by atoms with E-state index >= 15 is 0 Å². The lowest BCUT2D eigenvalue weighted by molar-refractivity contribution is 0.604. The molecular formula is C57H58N4. The van der Waals surface area contributed by atoms with Crippen LogP contribution in [0, 0.1) is 12.8 Å². The molecule has 0 aromatic heterocycles. The first kappa shape index (κ1) is 43.5. The second kappa shape index (κ2) is 21.3. The molecule has 2 N–H and O–H groups in total. The van der Waals surface area contributed by atoms with Crippen molar-refractivity contribution in [3.63, 3.8) is 0 Å². The molecule has 7 aromatic rings. The van der Waals surface area contributed by atoms with Gasteiger partial charge in [-0.05, 0) is 99.5 Å². The van der Waals surface area contributed by atoms with Gasteiger partial charge in [0.15, 0.2) is 0 Å². The fourth-order valence-electron chi connectivity index (χ4n) is 8.33. The van der Waals surface area contributed by atoms with Crippen LogP contribution in [0.25, 0.3) is 32.7 Å². The van der Waals surface area contributed by atoms with Gasteiger partial charge in [-0.2, -0.15) is 0 Å². The largest absolute Gasteiger partial charge is 0.387 e. The lowest BCUT2D eigenvalue weighted by Gasteiger charge is -2.32. The van der Waals surface area contributed by atoms with Crippen molar-refractivity contribution >= 4 is 44.3 Å². The molecule has 1 atom stereocenters. The molecule has 9 rings (SSSR count). The fraction of sp³-hybridized carbons (Fsp3) is 0.158. The summed E-state index contributed by atoms with van der Waals surface area (Å²) < 4.78 is 0. The quantitative estimate of drug-likeness (QED) is 0.118. The van der Waals surface area contributed by atoms with Crippen LogP contribution in [-0.4, -0.2) is 7.05 Å². The molecule has 4 heteroatoms. The molecule has 0 spiro atoms. The summed E-state index contributed by atoms with van der Waals surface area (Å²) in [6.45, 7) is 12.4. The lowest BCUT2D eigenvalue weighted by atomic mass is 9.89. The Labute approximate surface area is 364 Å². The minimum absolute atomic E-state index is 0.0607. The van der Waals surface area contributed by atoms with Crippen molar-refractivity contribution in [1.82, 2.24) is 5.43 Å². The first-order chi connectivity index (χ1) is 30.1. The Balaban J connectivity index is 0.000000639. The van der Waals surface area contributed by atoms with E-state index in [9.17, 15) is 0 Å². The minimum atomic E-state index is 0.0607. The third kappa shape index (κ3) is 9.39. The predicted molar refractivity (Wildman–Crippen MR) is 267 cm³/mol. The molecule has 0 aliphatic carbocycles. The number of anilines is 4. The van der Waals surface area contributed by atoms with Gasteiger partial charge in [-0.3, -0.25) is 0 Å². The maximum atomic E-state index is 4.00. The first-order valence-electron chi connectivity index (χ1n) is 21.4. The van der Waals surface area contributed by atoms with Gasteiger partial charge in [0, 0.05) is 30.1 Å². The van der Waals surface area contributed by atoms with Crippen LogP contribution >= 0.6 is 0 Å². The van der Waals surface area contributed by atoms with Crippen molar-refractivity contribution in [3.8, 4) is 24.0 Å². The number of rotatable bonds is 8. The van der Waals surface area contributed by atoms with Crippen molar-refractivity contribution in [1.29, 1.82) is 0 Å². The van der Waals surface area contributed by atoms with E-state index in [-0.39, 0.29) is 6.04 Å².